The Bertz CT molecular complexity index is 1270. The van der Waals surface area contributed by atoms with Crippen LogP contribution in [0, 0.1) is 0 Å². The first kappa shape index (κ1) is 71.6. The van der Waals surface area contributed by atoms with Gasteiger partial charge in [-0.05, 0) is 64.2 Å². The molecule has 1 fully saturated rings. The summed E-state index contributed by atoms with van der Waals surface area (Å²) in [6.45, 7) is 3.49. The zero-order chi connectivity index (χ0) is 54.7. The standard InChI is InChI=1S/C64H123NO10/c1-3-5-7-9-11-13-15-17-19-21-23-25-27-28-29-30-32-34-36-38-40-42-44-46-48-50-52-57(68)63(73)65-55(54-74-64-62(72)61(71)60(70)58(53-66)75-64)59(69)56(67)51-49-47-45-43-41-39-37-35-33-31-26-24-22-20-18-16-14-12-10-8-6-4-2/h28-29,43,45,55-62,64,66-72H,3-27,30-42,44,46-54H2,1-2H3,(H,65,73)/b29-28-,45-43+. The largest absolute Gasteiger partial charge is 0.394 e. The lowest BCUT2D eigenvalue weighted by atomic mass is 9.98. The van der Waals surface area contributed by atoms with Crippen LogP contribution in [0.2, 0.25) is 0 Å². The smallest absolute Gasteiger partial charge is 0.249 e. The number of rotatable bonds is 56. The average Bonchev–Trinajstić information content (AvgIpc) is 3.41. The molecule has 0 radical (unpaired) electrons. The van der Waals surface area contributed by atoms with Crippen molar-refractivity contribution in [2.45, 2.75) is 364 Å². The molecule has 0 aliphatic carbocycles. The van der Waals surface area contributed by atoms with Crippen LogP contribution in [0.3, 0.4) is 0 Å². The van der Waals surface area contributed by atoms with Crippen molar-refractivity contribution in [3.8, 4) is 0 Å². The van der Waals surface area contributed by atoms with E-state index in [0.29, 0.717) is 12.8 Å². The Hall–Kier alpha value is -1.41. The van der Waals surface area contributed by atoms with Crippen LogP contribution in [0.15, 0.2) is 24.3 Å². The summed E-state index contributed by atoms with van der Waals surface area (Å²) in [4.78, 5) is 13.2. The Labute approximate surface area is 461 Å². The van der Waals surface area contributed by atoms with E-state index in [9.17, 15) is 40.5 Å². The third kappa shape index (κ3) is 41.3. The molecule has 0 saturated carbocycles. The molecule has 1 heterocycles. The number of allylic oxidation sites excluding steroid dienone is 4. The molecule has 75 heavy (non-hydrogen) atoms. The van der Waals surface area contributed by atoms with Crippen molar-refractivity contribution < 1.29 is 50.0 Å². The van der Waals surface area contributed by atoms with Gasteiger partial charge in [0.05, 0.1) is 25.4 Å². The molecule has 9 atom stereocenters. The van der Waals surface area contributed by atoms with Gasteiger partial charge in [0, 0.05) is 0 Å². The molecule has 1 aliphatic rings. The molecule has 0 aromatic heterocycles. The van der Waals surface area contributed by atoms with E-state index in [1.165, 1.54) is 231 Å². The molecule has 0 aromatic rings. The molecule has 444 valence electrons. The molecule has 0 bridgehead atoms. The molecule has 0 aromatic carbocycles. The summed E-state index contributed by atoms with van der Waals surface area (Å²) in [6.07, 6.45) is 53.9. The first-order valence-corrected chi connectivity index (χ1v) is 32.2. The van der Waals surface area contributed by atoms with E-state index < -0.39 is 74.2 Å². The van der Waals surface area contributed by atoms with Crippen molar-refractivity contribution in [3.63, 3.8) is 0 Å². The monoisotopic (exact) mass is 1070 g/mol. The second-order valence-corrected chi connectivity index (χ2v) is 22.8. The second-order valence-electron chi connectivity index (χ2n) is 22.8. The highest BCUT2D eigenvalue weighted by atomic mass is 16.7. The highest BCUT2D eigenvalue weighted by molar-refractivity contribution is 5.80. The summed E-state index contributed by atoms with van der Waals surface area (Å²) in [5, 5.41) is 76.3. The normalized spacial score (nSPS) is 19.8. The summed E-state index contributed by atoms with van der Waals surface area (Å²) < 4.78 is 11.2. The lowest BCUT2D eigenvalue weighted by Crippen LogP contribution is -2.60. The van der Waals surface area contributed by atoms with Crippen molar-refractivity contribution in [3.05, 3.63) is 24.3 Å². The highest BCUT2D eigenvalue weighted by Crippen LogP contribution is 2.24. The maximum Gasteiger partial charge on any atom is 0.249 e. The van der Waals surface area contributed by atoms with Gasteiger partial charge in [0.2, 0.25) is 5.91 Å². The van der Waals surface area contributed by atoms with Gasteiger partial charge in [-0.2, -0.15) is 0 Å². The van der Waals surface area contributed by atoms with E-state index in [2.05, 4.69) is 43.5 Å². The van der Waals surface area contributed by atoms with Gasteiger partial charge in [-0.3, -0.25) is 4.79 Å². The third-order valence-electron chi connectivity index (χ3n) is 15.7. The van der Waals surface area contributed by atoms with E-state index in [1.807, 2.05) is 0 Å². The molecule has 9 unspecified atom stereocenters. The molecule has 1 amide bonds. The quantitative estimate of drug-likeness (QED) is 0.0215. The van der Waals surface area contributed by atoms with Gasteiger partial charge in [0.25, 0.3) is 0 Å². The van der Waals surface area contributed by atoms with Crippen LogP contribution >= 0.6 is 0 Å². The van der Waals surface area contributed by atoms with Gasteiger partial charge in [-0.25, -0.2) is 0 Å². The maximum atomic E-state index is 13.2. The summed E-state index contributed by atoms with van der Waals surface area (Å²) in [6, 6.07) is -1.19. The van der Waals surface area contributed by atoms with Gasteiger partial charge in [0.15, 0.2) is 6.29 Å². The average molecular weight is 1070 g/mol. The summed E-state index contributed by atoms with van der Waals surface area (Å²) in [7, 11) is 0. The predicted molar refractivity (Wildman–Crippen MR) is 312 cm³/mol. The van der Waals surface area contributed by atoms with Crippen molar-refractivity contribution in [2.75, 3.05) is 13.2 Å². The number of nitrogens with one attached hydrogen (secondary N) is 1. The number of unbranched alkanes of at least 4 members (excludes halogenated alkanes) is 40. The van der Waals surface area contributed by atoms with E-state index in [-0.39, 0.29) is 12.8 Å². The first-order chi connectivity index (χ1) is 36.7. The zero-order valence-corrected chi connectivity index (χ0v) is 48.8. The van der Waals surface area contributed by atoms with Crippen LogP contribution in [0.25, 0.3) is 0 Å². The molecule has 11 nitrogen and oxygen atoms in total. The molecule has 0 spiro atoms. The van der Waals surface area contributed by atoms with Crippen LogP contribution in [0.4, 0.5) is 0 Å². The molecule has 11 heteroatoms. The SMILES string of the molecule is CCCCCCCCCCCCCC/C=C\CCCCCCCCCCCCC(O)C(=O)NC(COC1OC(CO)C(O)C(O)C1O)C(O)C(O)CCC/C=C/CCCCCCCCCCCCCCCCCCC. The van der Waals surface area contributed by atoms with Crippen LogP contribution in [-0.4, -0.2) is 110 Å². The second kappa shape index (κ2) is 53.2. The van der Waals surface area contributed by atoms with Gasteiger partial charge < -0.3 is 50.5 Å². The molecular weight excluding hydrogens is 943 g/mol. The lowest BCUT2D eigenvalue weighted by Gasteiger charge is -2.40. The minimum absolute atomic E-state index is 0.254. The topological polar surface area (TPSA) is 189 Å². The van der Waals surface area contributed by atoms with Crippen molar-refractivity contribution >= 4 is 5.91 Å². The van der Waals surface area contributed by atoms with Gasteiger partial charge >= 0.3 is 0 Å². The van der Waals surface area contributed by atoms with Gasteiger partial charge in [-0.1, -0.05) is 269 Å². The van der Waals surface area contributed by atoms with Crippen LogP contribution < -0.4 is 5.32 Å². The Morgan fingerprint density at radius 1 is 0.453 bits per heavy atom. The molecular formula is C64H123NO10. The maximum absolute atomic E-state index is 13.2. The van der Waals surface area contributed by atoms with Crippen molar-refractivity contribution in [1.82, 2.24) is 5.32 Å². The summed E-state index contributed by atoms with van der Waals surface area (Å²) in [5.41, 5.74) is 0. The fraction of sp³-hybridized carbons (Fsp3) is 0.922. The minimum atomic E-state index is -1.67. The Morgan fingerprint density at radius 3 is 1.15 bits per heavy atom. The number of hydrogen-bond acceptors (Lipinski definition) is 10. The number of aliphatic hydroxyl groups excluding tert-OH is 7. The molecule has 1 saturated heterocycles. The number of hydrogen-bond donors (Lipinski definition) is 8. The fourth-order valence-corrected chi connectivity index (χ4v) is 10.5. The number of carbonyl (C=O) groups excluding carboxylic acids is 1. The molecule has 8 N–H and O–H groups in total. The zero-order valence-electron chi connectivity index (χ0n) is 48.8. The van der Waals surface area contributed by atoms with E-state index in [0.717, 1.165) is 38.5 Å². The molecule has 1 aliphatic heterocycles. The van der Waals surface area contributed by atoms with Gasteiger partial charge in [0.1, 0.15) is 36.6 Å². The summed E-state index contributed by atoms with van der Waals surface area (Å²) in [5.74, 6) is -0.703. The van der Waals surface area contributed by atoms with Crippen LogP contribution in [0.1, 0.15) is 309 Å². The minimum Gasteiger partial charge on any atom is -0.394 e. The number of amides is 1. The van der Waals surface area contributed by atoms with Crippen LogP contribution in [0.5, 0.6) is 0 Å². The third-order valence-corrected chi connectivity index (χ3v) is 15.7. The fourth-order valence-electron chi connectivity index (χ4n) is 10.5. The Kier molecular flexibility index (Phi) is 50.8. The Morgan fingerprint density at radius 2 is 0.787 bits per heavy atom. The molecule has 1 rings (SSSR count). The van der Waals surface area contributed by atoms with Crippen LogP contribution in [-0.2, 0) is 14.3 Å². The van der Waals surface area contributed by atoms with E-state index in [1.54, 1.807) is 0 Å². The number of aliphatic hydroxyl groups is 7. The first-order valence-electron chi connectivity index (χ1n) is 32.2. The van der Waals surface area contributed by atoms with Crippen molar-refractivity contribution in [2.24, 2.45) is 0 Å². The van der Waals surface area contributed by atoms with E-state index >= 15 is 0 Å². The number of ether oxygens (including phenoxy) is 2. The van der Waals surface area contributed by atoms with E-state index in [4.69, 9.17) is 9.47 Å². The predicted octanol–water partition coefficient (Wildman–Crippen LogP) is 14.5. The van der Waals surface area contributed by atoms with Gasteiger partial charge in [-0.15, -0.1) is 0 Å². The lowest BCUT2D eigenvalue weighted by molar-refractivity contribution is -0.303. The number of carbonyl (C=O) groups is 1. The van der Waals surface area contributed by atoms with Crippen molar-refractivity contribution in [1.29, 1.82) is 0 Å². The highest BCUT2D eigenvalue weighted by Gasteiger charge is 2.44. The Balaban J connectivity index is 2.27. The summed E-state index contributed by atoms with van der Waals surface area (Å²) >= 11 is 0.